The number of aryl methyl sites for hydroxylation is 2. The molecule has 2 aromatic carbocycles. The molecule has 0 spiro atoms. The van der Waals surface area contributed by atoms with Crippen LogP contribution in [0.1, 0.15) is 48.4 Å². The molecule has 0 saturated heterocycles. The Kier molecular flexibility index (Phi) is 11.4. The van der Waals surface area contributed by atoms with Gasteiger partial charge < -0.3 is 10.2 Å². The minimum Gasteiger partial charge on any atom is -0.508 e. The van der Waals surface area contributed by atoms with Gasteiger partial charge in [0.2, 0.25) is 5.41 Å². The third-order valence-corrected chi connectivity index (χ3v) is 25.4. The molecule has 0 aliphatic heterocycles. The van der Waals surface area contributed by atoms with Crippen LogP contribution in [0.15, 0.2) is 36.4 Å². The van der Waals surface area contributed by atoms with Gasteiger partial charge in [-0.2, -0.15) is 26.3 Å². The van der Waals surface area contributed by atoms with Gasteiger partial charge >= 0.3 is 12.4 Å². The van der Waals surface area contributed by atoms with Crippen molar-refractivity contribution in [2.45, 2.75) is 120 Å². The molecule has 0 radical (unpaired) electrons. The van der Waals surface area contributed by atoms with Crippen molar-refractivity contribution in [3.8, 4) is 11.5 Å². The zero-order valence-electron chi connectivity index (χ0n) is 26.3. The van der Waals surface area contributed by atoms with Crippen molar-refractivity contribution in [2.75, 3.05) is 0 Å². The first-order valence-electron chi connectivity index (χ1n) is 14.7. The van der Waals surface area contributed by atoms with E-state index in [0.717, 1.165) is 36.4 Å². The summed E-state index contributed by atoms with van der Waals surface area (Å²) in [7, 11) is -4.34. The molecule has 2 aromatic rings. The third kappa shape index (κ3) is 8.90. The number of hydrogen-bond acceptors (Lipinski definition) is 2. The van der Waals surface area contributed by atoms with Crippen LogP contribution in [-0.2, 0) is 18.3 Å². The molecule has 0 unspecified atom stereocenters. The van der Waals surface area contributed by atoms with E-state index in [4.69, 9.17) is 0 Å². The van der Waals surface area contributed by atoms with Crippen molar-refractivity contribution in [2.24, 2.45) is 0 Å². The van der Waals surface area contributed by atoms with Crippen molar-refractivity contribution >= 4 is 24.2 Å². The first-order chi connectivity index (χ1) is 19.0. The zero-order chi connectivity index (χ0) is 32.4. The van der Waals surface area contributed by atoms with Crippen LogP contribution in [0.25, 0.3) is 0 Å². The molecule has 0 aromatic heterocycles. The Bertz CT molecular complexity index is 1190. The maximum atomic E-state index is 14.8. The molecule has 2 N–H and O–H groups in total. The lowest BCUT2D eigenvalue weighted by atomic mass is 9.71. The van der Waals surface area contributed by atoms with Crippen LogP contribution >= 0.6 is 0 Å². The summed E-state index contributed by atoms with van der Waals surface area (Å²) in [5, 5.41) is 20.7. The molecule has 0 aliphatic carbocycles. The first-order valence-corrected chi connectivity index (χ1v) is 25.3. The van der Waals surface area contributed by atoms with Crippen molar-refractivity contribution in [3.63, 3.8) is 0 Å². The molecule has 2 nitrogen and oxygen atoms in total. The van der Waals surface area contributed by atoms with E-state index < -0.39 is 53.1 Å². The van der Waals surface area contributed by atoms with Crippen LogP contribution < -0.4 is 0 Å². The Morgan fingerprint density at radius 1 is 0.619 bits per heavy atom. The quantitative estimate of drug-likeness (QED) is 0.167. The largest absolute Gasteiger partial charge is 0.508 e. The Morgan fingerprint density at radius 2 is 1.05 bits per heavy atom. The molecule has 0 atom stereocenters. The molecule has 0 aliphatic rings. The van der Waals surface area contributed by atoms with Gasteiger partial charge in [-0.15, -0.1) is 0 Å². The van der Waals surface area contributed by atoms with Gasteiger partial charge in [0.25, 0.3) is 0 Å². The predicted molar refractivity (Wildman–Crippen MR) is 169 cm³/mol. The van der Waals surface area contributed by atoms with E-state index in [9.17, 15) is 36.6 Å². The van der Waals surface area contributed by atoms with E-state index in [1.54, 1.807) is 0 Å². The van der Waals surface area contributed by atoms with Gasteiger partial charge in [0.15, 0.2) is 0 Å². The summed E-state index contributed by atoms with van der Waals surface area (Å²) < 4.78 is 88.9. The fraction of sp³-hybridized carbons (Fsp3) is 0.613. The van der Waals surface area contributed by atoms with E-state index in [2.05, 4.69) is 45.8 Å². The van der Waals surface area contributed by atoms with Crippen molar-refractivity contribution < 1.29 is 36.6 Å². The summed E-state index contributed by atoms with van der Waals surface area (Å²) >= 11 is 0. The number of phenolic OH excluding ortho intramolecular Hbond substituents is 2. The van der Waals surface area contributed by atoms with E-state index in [-0.39, 0.29) is 35.5 Å². The monoisotopic (exact) mass is 650 g/mol. The van der Waals surface area contributed by atoms with Gasteiger partial charge in [-0.05, 0) is 53.6 Å². The van der Waals surface area contributed by atoms with Crippen LogP contribution in [0.2, 0.25) is 63.2 Å². The fourth-order valence-electron chi connectivity index (χ4n) is 7.03. The Hall–Kier alpha value is -1.73. The maximum absolute atomic E-state index is 14.8. The highest BCUT2D eigenvalue weighted by Crippen LogP contribution is 2.57. The molecule has 0 saturated carbocycles. The Morgan fingerprint density at radius 3 is 1.43 bits per heavy atom. The first kappa shape index (κ1) is 36.5. The molecular weight excluding hydrogens is 603 g/mol. The Labute approximate surface area is 250 Å². The predicted octanol–water partition coefficient (Wildman–Crippen LogP) is 10.6. The average molecular weight is 651 g/mol. The zero-order valence-corrected chi connectivity index (χ0v) is 29.3. The topological polar surface area (TPSA) is 40.5 Å². The van der Waals surface area contributed by atoms with Crippen LogP contribution in [0.4, 0.5) is 26.3 Å². The number of aromatic hydroxyl groups is 2. The van der Waals surface area contributed by atoms with Crippen LogP contribution in [0.5, 0.6) is 11.5 Å². The highest BCUT2D eigenvalue weighted by molar-refractivity contribution is 7.02. The lowest BCUT2D eigenvalue weighted by Crippen LogP contribution is -2.54. The molecule has 11 heteroatoms. The minimum atomic E-state index is -5.74. The summed E-state index contributed by atoms with van der Waals surface area (Å²) in [5.74, 6) is -0.640. The van der Waals surface area contributed by atoms with E-state index in [1.807, 2.05) is 6.92 Å². The van der Waals surface area contributed by atoms with Gasteiger partial charge in [0.05, 0.1) is 0 Å². The van der Waals surface area contributed by atoms with Crippen molar-refractivity contribution in [1.29, 1.82) is 0 Å². The maximum Gasteiger partial charge on any atom is 0.411 e. The summed E-state index contributed by atoms with van der Waals surface area (Å²) in [6.45, 7) is 18.4. The van der Waals surface area contributed by atoms with Gasteiger partial charge in [-0.25, -0.2) is 0 Å². The van der Waals surface area contributed by atoms with Crippen LogP contribution in [0, 0.1) is 0 Å². The molecule has 0 bridgehead atoms. The highest BCUT2D eigenvalue weighted by atomic mass is 28.4. The molecule has 0 heterocycles. The van der Waals surface area contributed by atoms with Gasteiger partial charge in [0, 0.05) is 24.2 Å². The fourth-order valence-corrected chi connectivity index (χ4v) is 32.3. The standard InChI is InChI=1S/C31H48F6O2Si3/c1-9-10-12-23-19-25(14-16-27(23)38)29(30(32,33)34,31(35,36)37)26-15-17-28(39)24(20-26)13-11-18-41(5,6)22-42(7,8)21-40(2,3)4/h14-17,19-20,38-39H,9-13,18,21-22H2,1-8H3. The van der Waals surface area contributed by atoms with E-state index in [0.29, 0.717) is 25.3 Å². The molecule has 0 fully saturated rings. The van der Waals surface area contributed by atoms with Crippen molar-refractivity contribution in [1.82, 2.24) is 0 Å². The van der Waals surface area contributed by atoms with E-state index >= 15 is 0 Å². The number of halogens is 6. The molecule has 238 valence electrons. The summed E-state index contributed by atoms with van der Waals surface area (Å²) in [6, 6.07) is 5.88. The SMILES string of the molecule is CCCCc1cc(C(c2ccc(O)c(CCC[Si](C)(C)C[Si](C)(C)C[Si](C)(C)C)c2)(C(F)(F)F)C(F)(F)F)ccc1O. The number of alkyl halides is 6. The van der Waals surface area contributed by atoms with Gasteiger partial charge in [0.1, 0.15) is 11.5 Å². The summed E-state index contributed by atoms with van der Waals surface area (Å²) in [5.41, 5.74) is -3.65. The van der Waals surface area contributed by atoms with Crippen LogP contribution in [0.3, 0.4) is 0 Å². The molecule has 0 amide bonds. The van der Waals surface area contributed by atoms with Crippen LogP contribution in [-0.4, -0.2) is 46.8 Å². The third-order valence-electron chi connectivity index (χ3n) is 7.94. The molecular formula is C31H48F6O2Si3. The number of phenols is 2. The second kappa shape index (κ2) is 13.1. The summed E-state index contributed by atoms with van der Waals surface area (Å²) in [4.78, 5) is 0. The minimum absolute atomic E-state index is 0.0408. The van der Waals surface area contributed by atoms with E-state index in [1.165, 1.54) is 11.3 Å². The number of benzene rings is 2. The second-order valence-electron chi connectivity index (χ2n) is 14.6. The lowest BCUT2D eigenvalue weighted by molar-refractivity contribution is -0.288. The number of unbranched alkanes of at least 4 members (excludes halogenated alkanes) is 1. The van der Waals surface area contributed by atoms with Gasteiger partial charge in [-0.3, -0.25) is 0 Å². The highest BCUT2D eigenvalue weighted by Gasteiger charge is 2.72. The average Bonchev–Trinajstić information content (AvgIpc) is 2.77. The summed E-state index contributed by atoms with van der Waals surface area (Å²) in [6.07, 6.45) is -9.39. The number of rotatable bonds is 13. The second-order valence-corrected chi connectivity index (χ2v) is 31.7. The van der Waals surface area contributed by atoms with Gasteiger partial charge in [-0.1, -0.05) is 107 Å². The normalized spacial score (nSPS) is 14.0. The Balaban J connectivity index is 2.51. The number of hydrogen-bond donors (Lipinski definition) is 2. The molecule has 2 rings (SSSR count). The smallest absolute Gasteiger partial charge is 0.411 e. The van der Waals surface area contributed by atoms with Crippen molar-refractivity contribution in [3.05, 3.63) is 58.7 Å². The lowest BCUT2D eigenvalue weighted by Gasteiger charge is -2.39. The molecule has 42 heavy (non-hydrogen) atoms.